The SMILES string of the molecule is CN(C(=O)c1ccnn1C)C1CN(c2cc3c(nn2)CCC3)C1. The summed E-state index contributed by atoms with van der Waals surface area (Å²) < 4.78 is 1.61. The van der Waals surface area contributed by atoms with Crippen LogP contribution in [-0.2, 0) is 19.9 Å². The number of nitrogens with zero attached hydrogens (tertiary/aromatic N) is 6. The van der Waals surface area contributed by atoms with E-state index in [9.17, 15) is 4.79 Å². The van der Waals surface area contributed by atoms with Crippen molar-refractivity contribution >= 4 is 11.7 Å². The Bertz CT molecular complexity index is 749. The number of carbonyl (C=O) groups is 1. The number of hydrogen-bond donors (Lipinski definition) is 0. The van der Waals surface area contributed by atoms with Gasteiger partial charge in [0, 0.05) is 33.4 Å². The maximum absolute atomic E-state index is 12.5. The van der Waals surface area contributed by atoms with Crippen LogP contribution in [-0.4, -0.2) is 57.0 Å². The van der Waals surface area contributed by atoms with Gasteiger partial charge < -0.3 is 9.80 Å². The van der Waals surface area contributed by atoms with Crippen LogP contribution in [0.4, 0.5) is 5.82 Å². The van der Waals surface area contributed by atoms with Crippen LogP contribution in [0, 0.1) is 0 Å². The van der Waals surface area contributed by atoms with E-state index in [4.69, 9.17) is 0 Å². The first-order chi connectivity index (χ1) is 11.1. The Hall–Kier alpha value is -2.44. The maximum Gasteiger partial charge on any atom is 0.272 e. The molecule has 1 saturated heterocycles. The minimum atomic E-state index is 0.00897. The van der Waals surface area contributed by atoms with Crippen molar-refractivity contribution in [1.82, 2.24) is 24.9 Å². The zero-order valence-corrected chi connectivity index (χ0v) is 13.4. The molecule has 7 heteroatoms. The van der Waals surface area contributed by atoms with Crippen LogP contribution < -0.4 is 4.90 Å². The molecule has 1 aliphatic carbocycles. The van der Waals surface area contributed by atoms with Gasteiger partial charge in [-0.15, -0.1) is 5.10 Å². The summed E-state index contributed by atoms with van der Waals surface area (Å²) >= 11 is 0. The predicted molar refractivity (Wildman–Crippen MR) is 85.4 cm³/mol. The van der Waals surface area contributed by atoms with E-state index in [0.29, 0.717) is 5.69 Å². The molecule has 1 aliphatic heterocycles. The summed E-state index contributed by atoms with van der Waals surface area (Å²) in [4.78, 5) is 16.5. The number of rotatable bonds is 3. The fourth-order valence-electron chi connectivity index (χ4n) is 3.29. The first-order valence-electron chi connectivity index (χ1n) is 7.99. The Morgan fingerprint density at radius 3 is 2.87 bits per heavy atom. The van der Waals surface area contributed by atoms with Gasteiger partial charge in [-0.1, -0.05) is 0 Å². The van der Waals surface area contributed by atoms with Crippen LogP contribution in [0.2, 0.25) is 0 Å². The van der Waals surface area contributed by atoms with E-state index < -0.39 is 0 Å². The number of carbonyl (C=O) groups excluding carboxylic acids is 1. The average Bonchev–Trinajstić information content (AvgIpc) is 3.12. The number of anilines is 1. The lowest BCUT2D eigenvalue weighted by Gasteiger charge is -2.44. The minimum absolute atomic E-state index is 0.00897. The Balaban J connectivity index is 1.41. The molecule has 1 amide bonds. The summed E-state index contributed by atoms with van der Waals surface area (Å²) in [6.45, 7) is 1.60. The Morgan fingerprint density at radius 1 is 1.30 bits per heavy atom. The molecule has 0 N–H and O–H groups in total. The molecule has 0 radical (unpaired) electrons. The van der Waals surface area contributed by atoms with Crippen LogP contribution in [0.5, 0.6) is 0 Å². The second-order valence-electron chi connectivity index (χ2n) is 6.34. The van der Waals surface area contributed by atoms with Gasteiger partial charge in [0.25, 0.3) is 5.91 Å². The van der Waals surface area contributed by atoms with Crippen molar-refractivity contribution in [3.8, 4) is 0 Å². The van der Waals surface area contributed by atoms with Crippen LogP contribution in [0.15, 0.2) is 18.3 Å². The molecule has 1 fully saturated rings. The van der Waals surface area contributed by atoms with E-state index in [2.05, 4.69) is 26.3 Å². The quantitative estimate of drug-likeness (QED) is 0.833. The molecule has 0 atom stereocenters. The number of fused-ring (bicyclic) bond motifs is 1. The predicted octanol–water partition coefficient (Wildman–Crippen LogP) is 0.660. The van der Waals surface area contributed by atoms with Gasteiger partial charge in [0.05, 0.1) is 11.7 Å². The van der Waals surface area contributed by atoms with Crippen molar-refractivity contribution in [2.24, 2.45) is 7.05 Å². The number of aryl methyl sites for hydroxylation is 3. The Kier molecular flexibility index (Phi) is 3.28. The van der Waals surface area contributed by atoms with E-state index in [0.717, 1.165) is 37.4 Å². The third-order valence-corrected chi connectivity index (χ3v) is 4.90. The summed E-state index contributed by atoms with van der Waals surface area (Å²) in [6, 6.07) is 4.11. The van der Waals surface area contributed by atoms with E-state index in [-0.39, 0.29) is 11.9 Å². The third kappa shape index (κ3) is 2.36. The maximum atomic E-state index is 12.5. The molecule has 4 rings (SSSR count). The van der Waals surface area contributed by atoms with Crippen molar-refractivity contribution in [3.63, 3.8) is 0 Å². The van der Waals surface area contributed by atoms with Gasteiger partial charge in [0.2, 0.25) is 0 Å². The molecule has 3 heterocycles. The normalized spacial score (nSPS) is 17.0. The Morgan fingerprint density at radius 2 is 2.13 bits per heavy atom. The number of hydrogen-bond acceptors (Lipinski definition) is 5. The van der Waals surface area contributed by atoms with Crippen molar-refractivity contribution in [3.05, 3.63) is 35.3 Å². The van der Waals surface area contributed by atoms with Gasteiger partial charge in [-0.25, -0.2) is 0 Å². The molecule has 0 aromatic carbocycles. The number of amides is 1. The standard InChI is InChI=1S/C16H20N6O/c1-20(16(23)14-6-7-17-21(14)2)12-9-22(10-12)15-8-11-4-3-5-13(11)18-19-15/h6-8,12H,3-5,9-10H2,1-2H3. The molecule has 0 bridgehead atoms. The highest BCUT2D eigenvalue weighted by Crippen LogP contribution is 2.26. The molecular formula is C16H20N6O. The molecular weight excluding hydrogens is 292 g/mol. The molecule has 0 saturated carbocycles. The van der Waals surface area contributed by atoms with Crippen LogP contribution in [0.25, 0.3) is 0 Å². The van der Waals surface area contributed by atoms with Crippen molar-refractivity contribution in [2.75, 3.05) is 25.0 Å². The van der Waals surface area contributed by atoms with Gasteiger partial charge in [-0.05, 0) is 37.0 Å². The lowest BCUT2D eigenvalue weighted by atomic mass is 10.1. The lowest BCUT2D eigenvalue weighted by Crippen LogP contribution is -2.60. The zero-order valence-electron chi connectivity index (χ0n) is 13.4. The molecule has 120 valence electrons. The van der Waals surface area contributed by atoms with Crippen molar-refractivity contribution in [1.29, 1.82) is 0 Å². The zero-order chi connectivity index (χ0) is 16.0. The topological polar surface area (TPSA) is 67.2 Å². The monoisotopic (exact) mass is 312 g/mol. The molecule has 0 unspecified atom stereocenters. The third-order valence-electron chi connectivity index (χ3n) is 4.90. The highest BCUT2D eigenvalue weighted by Gasteiger charge is 2.34. The highest BCUT2D eigenvalue weighted by molar-refractivity contribution is 5.92. The first kappa shape index (κ1) is 14.2. The van der Waals surface area contributed by atoms with Gasteiger partial charge in [0.1, 0.15) is 5.69 Å². The van der Waals surface area contributed by atoms with Crippen LogP contribution in [0.3, 0.4) is 0 Å². The van der Waals surface area contributed by atoms with Crippen LogP contribution >= 0.6 is 0 Å². The highest BCUT2D eigenvalue weighted by atomic mass is 16.2. The second-order valence-corrected chi connectivity index (χ2v) is 6.34. The smallest absolute Gasteiger partial charge is 0.272 e. The molecule has 2 aliphatic rings. The number of likely N-dealkylation sites (N-methyl/N-ethyl adjacent to an activating group) is 1. The minimum Gasteiger partial charge on any atom is -0.351 e. The van der Waals surface area contributed by atoms with E-state index in [1.54, 1.807) is 28.9 Å². The second kappa shape index (κ2) is 5.33. The van der Waals surface area contributed by atoms with Gasteiger partial charge in [0.15, 0.2) is 5.82 Å². The summed E-state index contributed by atoms with van der Waals surface area (Å²) in [7, 11) is 3.64. The molecule has 0 spiro atoms. The molecule has 23 heavy (non-hydrogen) atoms. The summed E-state index contributed by atoms with van der Waals surface area (Å²) in [5, 5.41) is 12.7. The van der Waals surface area contributed by atoms with Gasteiger partial charge in [-0.2, -0.15) is 10.2 Å². The molecule has 2 aromatic heterocycles. The first-order valence-corrected chi connectivity index (χ1v) is 7.99. The molecule has 2 aromatic rings. The van der Waals surface area contributed by atoms with E-state index >= 15 is 0 Å². The van der Waals surface area contributed by atoms with E-state index in [1.807, 2.05) is 7.05 Å². The fraction of sp³-hybridized carbons (Fsp3) is 0.500. The Labute approximate surface area is 134 Å². The van der Waals surface area contributed by atoms with Gasteiger partial charge >= 0.3 is 0 Å². The average molecular weight is 312 g/mol. The van der Waals surface area contributed by atoms with E-state index in [1.165, 1.54) is 12.0 Å². The van der Waals surface area contributed by atoms with Crippen molar-refractivity contribution < 1.29 is 4.79 Å². The fourth-order valence-corrected chi connectivity index (χ4v) is 3.29. The molecule has 7 nitrogen and oxygen atoms in total. The van der Waals surface area contributed by atoms with Crippen molar-refractivity contribution in [2.45, 2.75) is 25.3 Å². The lowest BCUT2D eigenvalue weighted by molar-refractivity contribution is 0.0694. The summed E-state index contributed by atoms with van der Waals surface area (Å²) in [5.74, 6) is 0.943. The largest absolute Gasteiger partial charge is 0.351 e. The number of aromatic nitrogens is 4. The van der Waals surface area contributed by atoms with Crippen LogP contribution in [0.1, 0.15) is 28.2 Å². The van der Waals surface area contributed by atoms with Gasteiger partial charge in [-0.3, -0.25) is 9.48 Å². The summed E-state index contributed by atoms with van der Waals surface area (Å²) in [5.41, 5.74) is 3.09. The summed E-state index contributed by atoms with van der Waals surface area (Å²) in [6.07, 6.45) is 4.98.